The highest BCUT2D eigenvalue weighted by molar-refractivity contribution is 8.14. The number of carbonyl (C=O) groups excluding carboxylic acids is 2. The monoisotopic (exact) mass is 420 g/mol. The van der Waals surface area contributed by atoms with Crippen molar-refractivity contribution in [2.45, 2.75) is 32.9 Å². The van der Waals surface area contributed by atoms with Gasteiger partial charge in [-0.3, -0.25) is 14.6 Å². The van der Waals surface area contributed by atoms with Gasteiger partial charge in [-0.2, -0.15) is 0 Å². The molecule has 0 spiro atoms. The Morgan fingerprint density at radius 2 is 1.90 bits per heavy atom. The molecule has 2 amide bonds. The van der Waals surface area contributed by atoms with E-state index in [4.69, 9.17) is 4.99 Å². The van der Waals surface area contributed by atoms with Crippen molar-refractivity contribution in [2.75, 3.05) is 5.75 Å². The molecule has 30 heavy (non-hydrogen) atoms. The highest BCUT2D eigenvalue weighted by Gasteiger charge is 2.43. The molecule has 0 bridgehead atoms. The number of hydrogen-bond acceptors (Lipinski definition) is 5. The summed E-state index contributed by atoms with van der Waals surface area (Å²) in [5.74, 6) is 0.795. The van der Waals surface area contributed by atoms with Crippen LogP contribution < -0.4 is 5.32 Å². The van der Waals surface area contributed by atoms with E-state index in [9.17, 15) is 9.59 Å². The molecule has 0 saturated heterocycles. The number of amides is 2. The average molecular weight is 421 g/mol. The van der Waals surface area contributed by atoms with E-state index >= 15 is 0 Å². The first-order valence-corrected chi connectivity index (χ1v) is 11.1. The lowest BCUT2D eigenvalue weighted by atomic mass is 10.00. The van der Waals surface area contributed by atoms with Gasteiger partial charge in [0.15, 0.2) is 5.17 Å². The molecule has 154 valence electrons. The van der Waals surface area contributed by atoms with Gasteiger partial charge in [0.05, 0.1) is 11.4 Å². The minimum Gasteiger partial charge on any atom is -0.351 e. The molecule has 0 fully saturated rings. The van der Waals surface area contributed by atoms with Gasteiger partial charge < -0.3 is 5.32 Å². The first kappa shape index (κ1) is 20.3. The molecule has 6 nitrogen and oxygen atoms in total. The van der Waals surface area contributed by atoms with E-state index in [1.54, 1.807) is 4.90 Å². The Kier molecular flexibility index (Phi) is 5.99. The predicted molar refractivity (Wildman–Crippen MR) is 121 cm³/mol. The Hall–Kier alpha value is -2.93. The number of rotatable bonds is 6. The minimum absolute atomic E-state index is 0.0650. The highest BCUT2D eigenvalue weighted by atomic mass is 32.2. The smallest absolute Gasteiger partial charge is 0.259 e. The molecular weight excluding hydrogens is 396 g/mol. The number of aliphatic imine (C=N–C) groups is 2. The van der Waals surface area contributed by atoms with Crippen LogP contribution in [-0.2, 0) is 16.1 Å². The van der Waals surface area contributed by atoms with Crippen LogP contribution in [0.1, 0.15) is 31.4 Å². The molecule has 0 aromatic heterocycles. The van der Waals surface area contributed by atoms with Crippen molar-refractivity contribution in [3.05, 3.63) is 65.7 Å². The van der Waals surface area contributed by atoms with Crippen molar-refractivity contribution in [2.24, 2.45) is 15.9 Å². The number of fused-ring (bicyclic) bond motifs is 3. The zero-order chi connectivity index (χ0) is 21.1. The second-order valence-corrected chi connectivity index (χ2v) is 8.36. The average Bonchev–Trinajstić information content (AvgIpc) is 3.14. The summed E-state index contributed by atoms with van der Waals surface area (Å²) in [5, 5.41) is 3.43. The Morgan fingerprint density at radius 1 is 1.17 bits per heavy atom. The van der Waals surface area contributed by atoms with E-state index in [2.05, 4.69) is 17.2 Å². The van der Waals surface area contributed by atoms with Gasteiger partial charge in [0.1, 0.15) is 11.9 Å². The quantitative estimate of drug-likeness (QED) is 0.774. The van der Waals surface area contributed by atoms with Gasteiger partial charge in [0, 0.05) is 12.1 Å². The standard InChI is InChI=1S/C23H24N4O2S/c1-3-15(2)20-22(29)27-21(26-20)17-11-7-8-12-18(17)25-23(27)30-14-19(28)24-13-16-9-5-4-6-10-16/h4-12,15,20H,3,13-14H2,1-2H3,(H,24,28)/t15-,20-/m0/s1. The number of thioether (sulfide) groups is 1. The lowest BCUT2D eigenvalue weighted by Crippen LogP contribution is -2.42. The molecule has 2 aliphatic heterocycles. The Bertz CT molecular complexity index is 1020. The first-order chi connectivity index (χ1) is 14.6. The maximum Gasteiger partial charge on any atom is 0.259 e. The molecule has 2 aromatic rings. The number of amidine groups is 2. The van der Waals surface area contributed by atoms with Crippen LogP contribution in [0.15, 0.2) is 64.6 Å². The van der Waals surface area contributed by atoms with Gasteiger partial charge in [0.2, 0.25) is 5.91 Å². The fourth-order valence-electron chi connectivity index (χ4n) is 3.44. The summed E-state index contributed by atoms with van der Waals surface area (Å²) in [6, 6.07) is 17.0. The van der Waals surface area contributed by atoms with E-state index in [1.807, 2.05) is 61.5 Å². The van der Waals surface area contributed by atoms with Gasteiger partial charge >= 0.3 is 0 Å². The SMILES string of the molecule is CC[C@H](C)[C@@H]1N=C2c3ccccc3N=C(SCC(=O)NCc3ccccc3)N2C1=O. The Labute approximate surface area is 180 Å². The highest BCUT2D eigenvalue weighted by Crippen LogP contribution is 2.35. The third kappa shape index (κ3) is 4.03. The number of carbonyl (C=O) groups is 2. The summed E-state index contributed by atoms with van der Waals surface area (Å²) in [7, 11) is 0. The van der Waals surface area contributed by atoms with E-state index in [-0.39, 0.29) is 23.5 Å². The fraction of sp³-hybridized carbons (Fsp3) is 0.304. The zero-order valence-electron chi connectivity index (χ0n) is 17.0. The molecule has 7 heteroatoms. The maximum absolute atomic E-state index is 13.1. The van der Waals surface area contributed by atoms with Gasteiger partial charge in [-0.15, -0.1) is 0 Å². The molecule has 1 N–H and O–H groups in total. The van der Waals surface area contributed by atoms with E-state index in [0.717, 1.165) is 23.2 Å². The predicted octanol–water partition coefficient (Wildman–Crippen LogP) is 3.74. The molecule has 2 aromatic carbocycles. The van der Waals surface area contributed by atoms with Crippen molar-refractivity contribution in [1.82, 2.24) is 10.2 Å². The molecule has 0 saturated carbocycles. The second kappa shape index (κ2) is 8.83. The van der Waals surface area contributed by atoms with Crippen LogP contribution in [0, 0.1) is 5.92 Å². The van der Waals surface area contributed by atoms with Crippen LogP contribution in [0.5, 0.6) is 0 Å². The van der Waals surface area contributed by atoms with Crippen molar-refractivity contribution >= 4 is 40.3 Å². The molecule has 0 aliphatic carbocycles. The van der Waals surface area contributed by atoms with Gasteiger partial charge in [-0.1, -0.05) is 74.5 Å². The van der Waals surface area contributed by atoms with E-state index < -0.39 is 6.04 Å². The number of benzene rings is 2. The number of nitrogens with zero attached hydrogens (tertiary/aromatic N) is 3. The lowest BCUT2D eigenvalue weighted by Gasteiger charge is -2.25. The summed E-state index contributed by atoms with van der Waals surface area (Å²) in [4.78, 5) is 36.5. The molecule has 0 radical (unpaired) electrons. The minimum atomic E-state index is -0.408. The third-order valence-corrected chi connectivity index (χ3v) is 6.29. The van der Waals surface area contributed by atoms with Gasteiger partial charge in [0.25, 0.3) is 5.91 Å². The number of hydrogen-bond donors (Lipinski definition) is 1. The largest absolute Gasteiger partial charge is 0.351 e. The lowest BCUT2D eigenvalue weighted by molar-refractivity contribution is -0.125. The Balaban J connectivity index is 1.50. The number of nitrogens with one attached hydrogen (secondary N) is 1. The molecule has 2 aliphatic rings. The zero-order valence-corrected chi connectivity index (χ0v) is 17.9. The van der Waals surface area contributed by atoms with Crippen molar-refractivity contribution < 1.29 is 9.59 Å². The van der Waals surface area contributed by atoms with Crippen molar-refractivity contribution in [1.29, 1.82) is 0 Å². The third-order valence-electron chi connectivity index (χ3n) is 5.35. The topological polar surface area (TPSA) is 74.1 Å². The summed E-state index contributed by atoms with van der Waals surface area (Å²) < 4.78 is 0. The Morgan fingerprint density at radius 3 is 2.67 bits per heavy atom. The summed E-state index contributed by atoms with van der Waals surface area (Å²) in [5.41, 5.74) is 2.67. The van der Waals surface area contributed by atoms with Gasteiger partial charge in [-0.05, 0) is 23.6 Å². The van der Waals surface area contributed by atoms with E-state index in [1.165, 1.54) is 11.8 Å². The fourth-order valence-corrected chi connectivity index (χ4v) is 4.27. The summed E-state index contributed by atoms with van der Waals surface area (Å²) in [6.07, 6.45) is 0.865. The molecule has 2 heterocycles. The first-order valence-electron chi connectivity index (χ1n) is 10.1. The van der Waals surface area contributed by atoms with Crippen LogP contribution >= 0.6 is 11.8 Å². The maximum atomic E-state index is 13.1. The summed E-state index contributed by atoms with van der Waals surface area (Å²) >= 11 is 1.27. The molecule has 2 atom stereocenters. The number of para-hydroxylation sites is 1. The second-order valence-electron chi connectivity index (χ2n) is 7.42. The molecule has 4 rings (SSSR count). The normalized spacial score (nSPS) is 18.3. The van der Waals surface area contributed by atoms with Gasteiger partial charge in [-0.25, -0.2) is 9.89 Å². The van der Waals surface area contributed by atoms with Crippen LogP contribution in [0.2, 0.25) is 0 Å². The van der Waals surface area contributed by atoms with Crippen LogP contribution in [0.25, 0.3) is 0 Å². The van der Waals surface area contributed by atoms with Crippen molar-refractivity contribution in [3.8, 4) is 0 Å². The van der Waals surface area contributed by atoms with Crippen molar-refractivity contribution in [3.63, 3.8) is 0 Å². The van der Waals surface area contributed by atoms with Crippen LogP contribution in [0.4, 0.5) is 5.69 Å². The van der Waals surface area contributed by atoms with Crippen LogP contribution in [-0.4, -0.2) is 39.5 Å². The molecular formula is C23H24N4O2S. The van der Waals surface area contributed by atoms with E-state index in [0.29, 0.717) is 17.5 Å². The molecule has 0 unspecified atom stereocenters. The van der Waals surface area contributed by atoms with Crippen LogP contribution in [0.3, 0.4) is 0 Å². The summed E-state index contributed by atoms with van der Waals surface area (Å²) in [6.45, 7) is 4.57.